The number of nitrogens with one attached hydrogen (secondary N) is 2. The summed E-state index contributed by atoms with van der Waals surface area (Å²) in [5, 5.41) is 11.0. The van der Waals surface area contributed by atoms with E-state index in [0.29, 0.717) is 30.3 Å². The number of aromatic nitrogens is 2. The van der Waals surface area contributed by atoms with Gasteiger partial charge in [0.2, 0.25) is 10.0 Å². The Balaban J connectivity index is 1.88. The van der Waals surface area contributed by atoms with Gasteiger partial charge in [0, 0.05) is 6.54 Å². The lowest BCUT2D eigenvalue weighted by molar-refractivity contribution is 0.354. The van der Waals surface area contributed by atoms with Crippen LogP contribution in [0.5, 0.6) is 11.5 Å². The summed E-state index contributed by atoms with van der Waals surface area (Å²) in [6.45, 7) is 2.45. The van der Waals surface area contributed by atoms with Crippen LogP contribution in [0.2, 0.25) is 0 Å². The summed E-state index contributed by atoms with van der Waals surface area (Å²) in [6, 6.07) is 9.04. The molecule has 1 aromatic carbocycles. The molecule has 2 rings (SSSR count). The van der Waals surface area contributed by atoms with E-state index in [9.17, 15) is 8.42 Å². The first-order chi connectivity index (χ1) is 12.5. The Bertz CT molecular complexity index is 810. The zero-order valence-corrected chi connectivity index (χ0v) is 16.0. The van der Waals surface area contributed by atoms with Crippen LogP contribution in [0.1, 0.15) is 18.9 Å². The van der Waals surface area contributed by atoms with Crippen molar-refractivity contribution in [1.82, 2.24) is 10.2 Å². The third-order valence-corrected chi connectivity index (χ3v) is 5.03. The zero-order valence-electron chi connectivity index (χ0n) is 15.2. The lowest BCUT2D eigenvalue weighted by atomic mass is 10.1. The van der Waals surface area contributed by atoms with Crippen LogP contribution >= 0.6 is 0 Å². The van der Waals surface area contributed by atoms with Gasteiger partial charge in [0.15, 0.2) is 17.3 Å². The Morgan fingerprint density at radius 2 is 1.69 bits per heavy atom. The number of benzene rings is 1. The second-order valence-corrected chi connectivity index (χ2v) is 7.43. The van der Waals surface area contributed by atoms with E-state index in [4.69, 9.17) is 9.47 Å². The molecular formula is C17H24N4O4S. The lowest BCUT2D eigenvalue weighted by Crippen LogP contribution is -2.17. The number of hydrogen-bond acceptors (Lipinski definition) is 7. The van der Waals surface area contributed by atoms with Crippen LogP contribution in [-0.4, -0.2) is 45.1 Å². The predicted molar refractivity (Wildman–Crippen MR) is 101 cm³/mol. The van der Waals surface area contributed by atoms with Crippen LogP contribution in [-0.2, 0) is 16.4 Å². The van der Waals surface area contributed by atoms with Crippen molar-refractivity contribution in [1.29, 1.82) is 0 Å². The number of sulfonamides is 1. The quantitative estimate of drug-likeness (QED) is 0.652. The molecule has 8 nitrogen and oxygen atoms in total. The van der Waals surface area contributed by atoms with E-state index in [1.807, 2.05) is 18.2 Å². The number of methoxy groups -OCH3 is 2. The molecular weight excluding hydrogens is 356 g/mol. The summed E-state index contributed by atoms with van der Waals surface area (Å²) in [7, 11) is -0.154. The van der Waals surface area contributed by atoms with Gasteiger partial charge in [-0.15, -0.1) is 10.2 Å². The molecule has 0 saturated heterocycles. The van der Waals surface area contributed by atoms with Crippen molar-refractivity contribution < 1.29 is 17.9 Å². The van der Waals surface area contributed by atoms with Crippen LogP contribution in [0.25, 0.3) is 0 Å². The topological polar surface area (TPSA) is 102 Å². The van der Waals surface area contributed by atoms with Crippen LogP contribution in [0.3, 0.4) is 0 Å². The average Bonchev–Trinajstić information content (AvgIpc) is 2.62. The molecule has 2 N–H and O–H groups in total. The molecule has 0 aliphatic carbocycles. The lowest BCUT2D eigenvalue weighted by Gasteiger charge is -2.10. The molecule has 0 atom stereocenters. The molecule has 26 heavy (non-hydrogen) atoms. The van der Waals surface area contributed by atoms with E-state index in [0.717, 1.165) is 12.0 Å². The number of ether oxygens (including phenoxy) is 2. The first kappa shape index (κ1) is 19.8. The summed E-state index contributed by atoms with van der Waals surface area (Å²) >= 11 is 0. The highest BCUT2D eigenvalue weighted by atomic mass is 32.2. The monoisotopic (exact) mass is 380 g/mol. The van der Waals surface area contributed by atoms with E-state index in [1.165, 1.54) is 0 Å². The molecule has 0 saturated carbocycles. The van der Waals surface area contributed by atoms with Gasteiger partial charge in [0.05, 0.1) is 20.0 Å². The number of nitrogens with zero attached hydrogens (tertiary/aromatic N) is 2. The van der Waals surface area contributed by atoms with Gasteiger partial charge in [0.1, 0.15) is 5.82 Å². The van der Waals surface area contributed by atoms with Crippen molar-refractivity contribution in [3.8, 4) is 11.5 Å². The van der Waals surface area contributed by atoms with Crippen molar-refractivity contribution in [3.05, 3.63) is 35.9 Å². The number of rotatable bonds is 10. The molecule has 9 heteroatoms. The largest absolute Gasteiger partial charge is 0.493 e. The fourth-order valence-corrected chi connectivity index (χ4v) is 3.40. The summed E-state index contributed by atoms with van der Waals surface area (Å²) in [6.07, 6.45) is 1.30. The van der Waals surface area contributed by atoms with Crippen LogP contribution in [0.15, 0.2) is 30.3 Å². The fourth-order valence-electron chi connectivity index (χ4n) is 2.33. The smallest absolute Gasteiger partial charge is 0.233 e. The molecule has 0 amide bonds. The van der Waals surface area contributed by atoms with Crippen molar-refractivity contribution in [2.45, 2.75) is 19.8 Å². The minimum absolute atomic E-state index is 0.0556. The fraction of sp³-hybridized carbons (Fsp3) is 0.412. The Kier molecular flexibility index (Phi) is 7.02. The summed E-state index contributed by atoms with van der Waals surface area (Å²) < 4.78 is 36.3. The average molecular weight is 380 g/mol. The summed E-state index contributed by atoms with van der Waals surface area (Å²) in [4.78, 5) is 0. The van der Waals surface area contributed by atoms with E-state index in [1.54, 1.807) is 33.3 Å². The van der Waals surface area contributed by atoms with E-state index >= 15 is 0 Å². The van der Waals surface area contributed by atoms with E-state index in [2.05, 4.69) is 20.2 Å². The van der Waals surface area contributed by atoms with Gasteiger partial charge in [-0.1, -0.05) is 13.0 Å². The van der Waals surface area contributed by atoms with Crippen molar-refractivity contribution in [2.75, 3.05) is 36.6 Å². The first-order valence-electron chi connectivity index (χ1n) is 8.26. The van der Waals surface area contributed by atoms with Gasteiger partial charge in [-0.3, -0.25) is 4.72 Å². The predicted octanol–water partition coefficient (Wildman–Crippen LogP) is 2.30. The van der Waals surface area contributed by atoms with Crippen molar-refractivity contribution >= 4 is 21.7 Å². The van der Waals surface area contributed by atoms with Gasteiger partial charge in [-0.05, 0) is 42.7 Å². The minimum Gasteiger partial charge on any atom is -0.493 e. The maximum Gasteiger partial charge on any atom is 0.233 e. The standard InChI is InChI=1S/C17H24N4O4S/c1-4-11-26(22,23)21-17-8-7-16(19-20-17)18-10-9-13-5-6-14(24-2)15(12-13)25-3/h5-8,12H,4,9-11H2,1-3H3,(H,18,19)(H,20,21). The molecule has 2 aromatic rings. The third kappa shape index (κ3) is 5.76. The Labute approximate surface area is 154 Å². The van der Waals surface area contributed by atoms with Crippen LogP contribution < -0.4 is 19.5 Å². The van der Waals surface area contributed by atoms with Crippen molar-refractivity contribution in [2.24, 2.45) is 0 Å². The zero-order chi connectivity index (χ0) is 19.0. The van der Waals surface area contributed by atoms with Gasteiger partial charge in [0.25, 0.3) is 0 Å². The highest BCUT2D eigenvalue weighted by Crippen LogP contribution is 2.27. The Morgan fingerprint density at radius 3 is 2.31 bits per heavy atom. The van der Waals surface area contributed by atoms with E-state index < -0.39 is 10.0 Å². The maximum atomic E-state index is 11.7. The second-order valence-electron chi connectivity index (χ2n) is 5.59. The van der Waals surface area contributed by atoms with Crippen LogP contribution in [0, 0.1) is 0 Å². The highest BCUT2D eigenvalue weighted by molar-refractivity contribution is 7.92. The maximum absolute atomic E-state index is 11.7. The van der Waals surface area contributed by atoms with Crippen molar-refractivity contribution in [3.63, 3.8) is 0 Å². The summed E-state index contributed by atoms with van der Waals surface area (Å²) in [5.41, 5.74) is 1.09. The molecule has 1 aromatic heterocycles. The van der Waals surface area contributed by atoms with Gasteiger partial charge < -0.3 is 14.8 Å². The molecule has 0 spiro atoms. The minimum atomic E-state index is -3.36. The molecule has 142 valence electrons. The molecule has 0 radical (unpaired) electrons. The molecule has 0 fully saturated rings. The number of anilines is 2. The molecule has 1 heterocycles. The Morgan fingerprint density at radius 1 is 1.00 bits per heavy atom. The highest BCUT2D eigenvalue weighted by Gasteiger charge is 2.10. The molecule has 0 unspecified atom stereocenters. The SMILES string of the molecule is CCCS(=O)(=O)Nc1ccc(NCCc2ccc(OC)c(OC)c2)nn1. The summed E-state index contributed by atoms with van der Waals surface area (Å²) in [5.74, 6) is 2.22. The molecule has 0 aliphatic heterocycles. The van der Waals surface area contributed by atoms with Gasteiger partial charge in [-0.2, -0.15) is 0 Å². The third-order valence-electron chi connectivity index (χ3n) is 3.57. The van der Waals surface area contributed by atoms with E-state index in [-0.39, 0.29) is 11.6 Å². The number of hydrogen-bond donors (Lipinski definition) is 2. The van der Waals surface area contributed by atoms with Gasteiger partial charge in [-0.25, -0.2) is 8.42 Å². The van der Waals surface area contributed by atoms with Gasteiger partial charge >= 0.3 is 0 Å². The Hall–Kier alpha value is -2.55. The first-order valence-corrected chi connectivity index (χ1v) is 9.91. The molecule has 0 bridgehead atoms. The molecule has 0 aliphatic rings. The second kappa shape index (κ2) is 9.23. The van der Waals surface area contributed by atoms with Crippen LogP contribution in [0.4, 0.5) is 11.6 Å². The normalized spacial score (nSPS) is 11.0.